The zero-order chi connectivity index (χ0) is 14.2. The highest BCUT2D eigenvalue weighted by atomic mass is 16.5. The van der Waals surface area contributed by atoms with Gasteiger partial charge in [0.05, 0.1) is 6.61 Å². The van der Waals surface area contributed by atoms with Crippen LogP contribution in [0.4, 0.5) is 0 Å². The molecule has 0 unspecified atom stereocenters. The molecule has 0 saturated heterocycles. The second kappa shape index (κ2) is 7.57. The lowest BCUT2D eigenvalue weighted by Gasteiger charge is -2.06. The van der Waals surface area contributed by atoms with E-state index in [-0.39, 0.29) is 6.61 Å². The van der Waals surface area contributed by atoms with E-state index in [0.717, 1.165) is 30.6 Å². The maximum atomic E-state index is 9.07. The summed E-state index contributed by atoms with van der Waals surface area (Å²) in [5.74, 6) is 0.619. The summed E-state index contributed by atoms with van der Waals surface area (Å²) in [5.41, 5.74) is 1.82. The lowest BCUT2D eigenvalue weighted by atomic mass is 10.2. The number of hydrogen-bond acceptors (Lipinski definition) is 5. The summed E-state index contributed by atoms with van der Waals surface area (Å²) < 4.78 is 5.55. The summed E-state index contributed by atoms with van der Waals surface area (Å²) in [4.78, 5) is 8.34. The Morgan fingerprint density at radius 1 is 1.20 bits per heavy atom. The van der Waals surface area contributed by atoms with Gasteiger partial charge >= 0.3 is 6.01 Å². The molecule has 0 fully saturated rings. The van der Waals surface area contributed by atoms with Crippen LogP contribution in [0.25, 0.3) is 0 Å². The smallest absolute Gasteiger partial charge is 0.321 e. The fourth-order valence-corrected chi connectivity index (χ4v) is 1.71. The molecule has 2 aromatic rings. The van der Waals surface area contributed by atoms with Crippen LogP contribution < -0.4 is 10.1 Å². The van der Waals surface area contributed by atoms with Crippen molar-refractivity contribution in [3.8, 4) is 11.8 Å². The molecule has 1 aromatic heterocycles. The van der Waals surface area contributed by atoms with Crippen LogP contribution >= 0.6 is 0 Å². The van der Waals surface area contributed by atoms with Crippen LogP contribution in [0, 0.1) is 0 Å². The maximum absolute atomic E-state index is 9.07. The van der Waals surface area contributed by atoms with Crippen molar-refractivity contribution in [1.29, 1.82) is 0 Å². The molecule has 106 valence electrons. The molecule has 20 heavy (non-hydrogen) atoms. The number of benzene rings is 1. The van der Waals surface area contributed by atoms with E-state index in [9.17, 15) is 0 Å². The molecular weight excluding hydrogens is 254 g/mol. The number of hydrogen-bond donors (Lipinski definition) is 2. The van der Waals surface area contributed by atoms with Gasteiger partial charge in [-0.1, -0.05) is 19.1 Å². The summed E-state index contributed by atoms with van der Waals surface area (Å²) in [6, 6.07) is 7.53. The first-order chi connectivity index (χ1) is 9.81. The van der Waals surface area contributed by atoms with E-state index < -0.39 is 0 Å². The van der Waals surface area contributed by atoms with Crippen LogP contribution in [-0.2, 0) is 13.2 Å². The average Bonchev–Trinajstić information content (AvgIpc) is 2.49. The topological polar surface area (TPSA) is 67.3 Å². The van der Waals surface area contributed by atoms with Gasteiger partial charge in [-0.3, -0.25) is 0 Å². The minimum Gasteiger partial charge on any atom is -0.424 e. The number of nitrogens with one attached hydrogen (secondary N) is 1. The summed E-state index contributed by atoms with van der Waals surface area (Å²) in [6.07, 6.45) is 4.60. The molecule has 2 rings (SSSR count). The van der Waals surface area contributed by atoms with Gasteiger partial charge in [-0.25, -0.2) is 9.97 Å². The molecule has 0 aliphatic carbocycles. The summed E-state index contributed by atoms with van der Waals surface area (Å²) in [5, 5.41) is 12.4. The molecule has 0 radical (unpaired) electrons. The van der Waals surface area contributed by atoms with E-state index in [0.29, 0.717) is 11.8 Å². The summed E-state index contributed by atoms with van der Waals surface area (Å²) in [6.45, 7) is 3.85. The van der Waals surface area contributed by atoms with Gasteiger partial charge in [0, 0.05) is 24.5 Å². The molecule has 0 aliphatic heterocycles. The quantitative estimate of drug-likeness (QED) is 0.757. The third-order valence-corrected chi connectivity index (χ3v) is 2.73. The highest BCUT2D eigenvalue weighted by molar-refractivity contribution is 5.30. The number of aliphatic hydroxyl groups excluding tert-OH is 1. The Labute approximate surface area is 118 Å². The molecular formula is C15H19N3O2. The lowest BCUT2D eigenvalue weighted by molar-refractivity contribution is 0.281. The van der Waals surface area contributed by atoms with Crippen LogP contribution in [0.1, 0.15) is 24.5 Å². The van der Waals surface area contributed by atoms with Gasteiger partial charge in [0.25, 0.3) is 0 Å². The Balaban J connectivity index is 1.95. The van der Waals surface area contributed by atoms with Crippen molar-refractivity contribution in [3.63, 3.8) is 0 Å². The van der Waals surface area contributed by atoms with Crippen molar-refractivity contribution >= 4 is 0 Å². The first-order valence-electron chi connectivity index (χ1n) is 6.71. The van der Waals surface area contributed by atoms with Crippen LogP contribution in [0.2, 0.25) is 0 Å². The van der Waals surface area contributed by atoms with E-state index in [1.54, 1.807) is 24.5 Å². The third-order valence-electron chi connectivity index (χ3n) is 2.73. The molecule has 0 bridgehead atoms. The predicted molar refractivity (Wildman–Crippen MR) is 76.5 cm³/mol. The van der Waals surface area contributed by atoms with Gasteiger partial charge in [-0.05, 0) is 30.7 Å². The third kappa shape index (κ3) is 4.29. The van der Waals surface area contributed by atoms with Crippen molar-refractivity contribution in [3.05, 3.63) is 47.8 Å². The average molecular weight is 273 g/mol. The fourth-order valence-electron chi connectivity index (χ4n) is 1.71. The van der Waals surface area contributed by atoms with Crippen LogP contribution in [0.3, 0.4) is 0 Å². The molecule has 0 atom stereocenters. The highest BCUT2D eigenvalue weighted by Gasteiger charge is 2.02. The van der Waals surface area contributed by atoms with E-state index >= 15 is 0 Å². The Morgan fingerprint density at radius 3 is 2.70 bits per heavy atom. The van der Waals surface area contributed by atoms with Gasteiger partial charge in [-0.2, -0.15) is 0 Å². The molecule has 0 saturated carbocycles. The summed E-state index contributed by atoms with van der Waals surface area (Å²) >= 11 is 0. The van der Waals surface area contributed by atoms with Crippen molar-refractivity contribution < 1.29 is 9.84 Å². The van der Waals surface area contributed by atoms with Crippen LogP contribution in [0.15, 0.2) is 36.7 Å². The zero-order valence-electron chi connectivity index (χ0n) is 11.5. The second-order valence-electron chi connectivity index (χ2n) is 4.46. The first-order valence-corrected chi connectivity index (χ1v) is 6.71. The zero-order valence-corrected chi connectivity index (χ0v) is 11.5. The standard InChI is InChI=1S/C15H19N3O2/c1-2-6-16-8-13-9-17-15(18-10-13)20-14-5-3-4-12(7-14)11-19/h3-5,7,9-10,16,19H,2,6,8,11H2,1H3. The molecule has 0 spiro atoms. The Hall–Kier alpha value is -1.98. The summed E-state index contributed by atoms with van der Waals surface area (Å²) in [7, 11) is 0. The van der Waals surface area contributed by atoms with Crippen molar-refractivity contribution in [1.82, 2.24) is 15.3 Å². The van der Waals surface area contributed by atoms with Gasteiger partial charge in [0.15, 0.2) is 0 Å². The fraction of sp³-hybridized carbons (Fsp3) is 0.333. The van der Waals surface area contributed by atoms with E-state index in [1.165, 1.54) is 0 Å². The molecule has 5 heteroatoms. The van der Waals surface area contributed by atoms with Gasteiger partial charge in [0.1, 0.15) is 5.75 Å². The number of aromatic nitrogens is 2. The SMILES string of the molecule is CCCNCc1cnc(Oc2cccc(CO)c2)nc1. The van der Waals surface area contributed by atoms with Crippen molar-refractivity contribution in [2.24, 2.45) is 0 Å². The largest absolute Gasteiger partial charge is 0.424 e. The minimum atomic E-state index is -0.0138. The number of rotatable bonds is 7. The molecule has 2 N–H and O–H groups in total. The normalized spacial score (nSPS) is 10.5. The van der Waals surface area contributed by atoms with Gasteiger partial charge in [-0.15, -0.1) is 0 Å². The lowest BCUT2D eigenvalue weighted by Crippen LogP contribution is -2.14. The van der Waals surface area contributed by atoms with E-state index in [4.69, 9.17) is 9.84 Å². The van der Waals surface area contributed by atoms with Crippen molar-refractivity contribution in [2.45, 2.75) is 26.5 Å². The molecule has 1 heterocycles. The first kappa shape index (κ1) is 14.4. The number of aliphatic hydroxyl groups is 1. The molecule has 5 nitrogen and oxygen atoms in total. The highest BCUT2D eigenvalue weighted by Crippen LogP contribution is 2.18. The molecule has 0 aliphatic rings. The maximum Gasteiger partial charge on any atom is 0.321 e. The molecule has 1 aromatic carbocycles. The van der Waals surface area contributed by atoms with Crippen LogP contribution in [-0.4, -0.2) is 21.6 Å². The monoisotopic (exact) mass is 273 g/mol. The van der Waals surface area contributed by atoms with Gasteiger partial charge < -0.3 is 15.2 Å². The van der Waals surface area contributed by atoms with Crippen LogP contribution in [0.5, 0.6) is 11.8 Å². The Bertz CT molecular complexity index is 529. The molecule has 0 amide bonds. The number of ether oxygens (including phenoxy) is 1. The Morgan fingerprint density at radius 2 is 2.00 bits per heavy atom. The van der Waals surface area contributed by atoms with Gasteiger partial charge in [0.2, 0.25) is 0 Å². The van der Waals surface area contributed by atoms with E-state index in [2.05, 4.69) is 22.2 Å². The number of nitrogens with zero attached hydrogens (tertiary/aromatic N) is 2. The minimum absolute atomic E-state index is 0.0138. The predicted octanol–water partition coefficient (Wildman–Crippen LogP) is 2.26. The van der Waals surface area contributed by atoms with E-state index in [1.807, 2.05) is 12.1 Å². The van der Waals surface area contributed by atoms with Crippen molar-refractivity contribution in [2.75, 3.05) is 6.54 Å². The Kier molecular flexibility index (Phi) is 5.46. The second-order valence-corrected chi connectivity index (χ2v) is 4.46.